The summed E-state index contributed by atoms with van der Waals surface area (Å²) in [7, 11) is 1.77. The molecule has 9 heavy (non-hydrogen) atoms. The van der Waals surface area contributed by atoms with Crippen LogP contribution < -0.4 is 5.32 Å². The van der Waals surface area contributed by atoms with Gasteiger partial charge in [-0.1, -0.05) is 6.92 Å². The Labute approximate surface area is 55.1 Å². The molecule has 3 heteroatoms. The lowest BCUT2D eigenvalue weighted by molar-refractivity contribution is -0.137. The number of nitrogens with one attached hydrogen (secondary N) is 1. The summed E-state index contributed by atoms with van der Waals surface area (Å²) in [6.07, 6.45) is 1.08. The van der Waals surface area contributed by atoms with Crippen molar-refractivity contribution in [1.82, 2.24) is 5.32 Å². The Morgan fingerprint density at radius 2 is 2.33 bits per heavy atom. The average molecular weight is 131 g/mol. The van der Waals surface area contributed by atoms with Crippen molar-refractivity contribution in [2.24, 2.45) is 0 Å². The van der Waals surface area contributed by atoms with E-state index in [2.05, 4.69) is 5.32 Å². The minimum Gasteiger partial charge on any atom is -0.481 e. The van der Waals surface area contributed by atoms with Crippen LogP contribution in [-0.4, -0.2) is 24.2 Å². The number of hydrogen-bond donors (Lipinski definition) is 2. The molecule has 0 aliphatic rings. The number of rotatable bonds is 4. The minimum absolute atomic E-state index is 0.127. The third-order valence-electron chi connectivity index (χ3n) is 1.32. The molecule has 0 aliphatic carbocycles. The largest absolute Gasteiger partial charge is 0.481 e. The Kier molecular flexibility index (Phi) is 4.05. The Morgan fingerprint density at radius 3 is 2.44 bits per heavy atom. The normalized spacial score (nSPS) is 13.1. The molecule has 0 rings (SSSR count). The van der Waals surface area contributed by atoms with Gasteiger partial charge >= 0.3 is 5.97 Å². The first-order valence-corrected chi connectivity index (χ1v) is 3.09. The Bertz CT molecular complexity index is 89.1. The van der Waals surface area contributed by atoms with E-state index in [0.717, 1.165) is 6.42 Å². The van der Waals surface area contributed by atoms with Gasteiger partial charge in [-0.2, -0.15) is 0 Å². The maximum absolute atomic E-state index is 10.1. The van der Waals surface area contributed by atoms with Gasteiger partial charge in [0.15, 0.2) is 0 Å². The summed E-state index contributed by atoms with van der Waals surface area (Å²) >= 11 is 0. The van der Waals surface area contributed by atoms with E-state index in [1.165, 1.54) is 0 Å². The molecule has 0 aromatic heterocycles. The number of carboxylic acids is 1. The van der Waals surface area contributed by atoms with Crippen molar-refractivity contribution in [3.05, 3.63) is 0 Å². The van der Waals surface area contributed by atoms with Crippen molar-refractivity contribution in [1.29, 1.82) is 0 Å². The quantitative estimate of drug-likeness (QED) is 0.582. The second-order valence-electron chi connectivity index (χ2n) is 1.99. The number of hydrogen-bond acceptors (Lipinski definition) is 2. The van der Waals surface area contributed by atoms with Crippen molar-refractivity contribution in [3.63, 3.8) is 0 Å². The maximum atomic E-state index is 10.1. The van der Waals surface area contributed by atoms with Gasteiger partial charge in [0.1, 0.15) is 0 Å². The van der Waals surface area contributed by atoms with E-state index in [0.29, 0.717) is 0 Å². The summed E-state index contributed by atoms with van der Waals surface area (Å²) in [5.74, 6) is -0.740. The summed E-state index contributed by atoms with van der Waals surface area (Å²) < 4.78 is 0. The van der Waals surface area contributed by atoms with Crippen molar-refractivity contribution in [2.45, 2.75) is 25.8 Å². The van der Waals surface area contributed by atoms with E-state index in [-0.39, 0.29) is 12.5 Å². The van der Waals surface area contributed by atoms with E-state index < -0.39 is 5.97 Å². The van der Waals surface area contributed by atoms with Crippen LogP contribution >= 0.6 is 0 Å². The highest BCUT2D eigenvalue weighted by atomic mass is 16.4. The third kappa shape index (κ3) is 3.97. The number of carbonyl (C=O) groups is 1. The van der Waals surface area contributed by atoms with E-state index >= 15 is 0 Å². The Hall–Kier alpha value is -0.570. The lowest BCUT2D eigenvalue weighted by atomic mass is 10.1. The van der Waals surface area contributed by atoms with Gasteiger partial charge in [-0.3, -0.25) is 4.79 Å². The first-order valence-electron chi connectivity index (χ1n) is 3.09. The Balaban J connectivity index is 3.43. The highest BCUT2D eigenvalue weighted by Crippen LogP contribution is 1.94. The second-order valence-corrected chi connectivity index (χ2v) is 1.99. The molecule has 0 unspecified atom stereocenters. The first kappa shape index (κ1) is 8.43. The molecule has 0 aromatic carbocycles. The molecular weight excluding hydrogens is 118 g/mol. The molecule has 0 radical (unpaired) electrons. The monoisotopic (exact) mass is 131 g/mol. The van der Waals surface area contributed by atoms with Crippen LogP contribution in [0.15, 0.2) is 0 Å². The van der Waals surface area contributed by atoms with Gasteiger partial charge in [0.2, 0.25) is 0 Å². The summed E-state index contributed by atoms with van der Waals surface area (Å²) in [4.78, 5) is 10.1. The summed E-state index contributed by atoms with van der Waals surface area (Å²) in [6, 6.07) is 0.127. The molecule has 1 atom stereocenters. The molecule has 0 fully saturated rings. The fraction of sp³-hybridized carbons (Fsp3) is 0.833. The molecule has 3 nitrogen and oxygen atoms in total. The summed E-state index contributed by atoms with van der Waals surface area (Å²) in [5, 5.41) is 11.2. The lowest BCUT2D eigenvalue weighted by Crippen LogP contribution is -2.26. The van der Waals surface area contributed by atoms with Crippen LogP contribution in [0, 0.1) is 0 Å². The smallest absolute Gasteiger partial charge is 0.304 e. The van der Waals surface area contributed by atoms with Gasteiger partial charge in [0, 0.05) is 6.04 Å². The van der Waals surface area contributed by atoms with Gasteiger partial charge in [-0.25, -0.2) is 0 Å². The average Bonchev–Trinajstić information content (AvgIpc) is 1.82. The van der Waals surface area contributed by atoms with Crippen LogP contribution in [0.1, 0.15) is 19.8 Å². The van der Waals surface area contributed by atoms with Crippen LogP contribution in [0.5, 0.6) is 0 Å². The zero-order valence-corrected chi connectivity index (χ0v) is 5.85. The van der Waals surface area contributed by atoms with Gasteiger partial charge < -0.3 is 10.4 Å². The fourth-order valence-corrected chi connectivity index (χ4v) is 0.661. The Morgan fingerprint density at radius 1 is 1.78 bits per heavy atom. The number of carboxylic acid groups (broad SMARTS) is 1. The van der Waals surface area contributed by atoms with Crippen molar-refractivity contribution in [2.75, 3.05) is 7.05 Å². The van der Waals surface area contributed by atoms with E-state index in [1.54, 1.807) is 7.05 Å². The van der Waals surface area contributed by atoms with Crippen molar-refractivity contribution in [3.8, 4) is 0 Å². The zero-order chi connectivity index (χ0) is 7.28. The number of aliphatic carboxylic acids is 1. The van der Waals surface area contributed by atoms with E-state index in [9.17, 15) is 4.79 Å². The standard InChI is InChI=1S/C6H13NO2/c1-3-5(7-2)4-6(8)9/h5,7H,3-4H2,1-2H3,(H,8,9)/t5-/m1/s1. The third-order valence-corrected chi connectivity index (χ3v) is 1.32. The topological polar surface area (TPSA) is 49.3 Å². The van der Waals surface area contributed by atoms with E-state index in [1.807, 2.05) is 6.92 Å². The fourth-order valence-electron chi connectivity index (χ4n) is 0.661. The van der Waals surface area contributed by atoms with Crippen molar-refractivity contribution < 1.29 is 9.90 Å². The predicted molar refractivity (Wildman–Crippen MR) is 35.4 cm³/mol. The molecule has 0 saturated carbocycles. The minimum atomic E-state index is -0.740. The molecule has 0 bridgehead atoms. The summed E-state index contributed by atoms with van der Waals surface area (Å²) in [6.45, 7) is 1.96. The second kappa shape index (κ2) is 4.32. The zero-order valence-electron chi connectivity index (χ0n) is 5.85. The molecule has 0 heterocycles. The van der Waals surface area contributed by atoms with Crippen molar-refractivity contribution >= 4 is 5.97 Å². The van der Waals surface area contributed by atoms with Crippen LogP contribution in [0.3, 0.4) is 0 Å². The van der Waals surface area contributed by atoms with E-state index in [4.69, 9.17) is 5.11 Å². The van der Waals surface area contributed by atoms with Gasteiger partial charge in [-0.05, 0) is 13.5 Å². The molecule has 0 aliphatic heterocycles. The lowest BCUT2D eigenvalue weighted by Gasteiger charge is -2.08. The molecular formula is C6H13NO2. The first-order chi connectivity index (χ1) is 4.20. The van der Waals surface area contributed by atoms with Crippen LogP contribution in [-0.2, 0) is 4.79 Å². The molecule has 0 saturated heterocycles. The molecule has 2 N–H and O–H groups in total. The molecule has 0 amide bonds. The predicted octanol–water partition coefficient (Wildman–Crippen LogP) is 0.459. The van der Waals surface area contributed by atoms with Crippen LogP contribution in [0.4, 0.5) is 0 Å². The van der Waals surface area contributed by atoms with Gasteiger partial charge in [-0.15, -0.1) is 0 Å². The highest BCUT2D eigenvalue weighted by molar-refractivity contribution is 5.67. The van der Waals surface area contributed by atoms with Crippen LogP contribution in [0.2, 0.25) is 0 Å². The molecule has 0 aromatic rings. The SMILES string of the molecule is CC[C@H](CC(=O)O)NC. The van der Waals surface area contributed by atoms with Gasteiger partial charge in [0.05, 0.1) is 6.42 Å². The maximum Gasteiger partial charge on any atom is 0.304 e. The highest BCUT2D eigenvalue weighted by Gasteiger charge is 2.06. The van der Waals surface area contributed by atoms with Gasteiger partial charge in [0.25, 0.3) is 0 Å². The van der Waals surface area contributed by atoms with Crippen LogP contribution in [0.25, 0.3) is 0 Å². The molecule has 0 spiro atoms. The molecule has 54 valence electrons. The summed E-state index contributed by atoms with van der Waals surface area (Å²) in [5.41, 5.74) is 0.